The molecule has 2 unspecified atom stereocenters. The number of hydrogen-bond donors (Lipinski definition) is 2. The predicted octanol–water partition coefficient (Wildman–Crippen LogP) is 2.29. The van der Waals surface area contributed by atoms with Gasteiger partial charge in [0.2, 0.25) is 0 Å². The molecule has 0 aliphatic heterocycles. The highest BCUT2D eigenvalue weighted by molar-refractivity contribution is 8.12. The van der Waals surface area contributed by atoms with E-state index in [4.69, 9.17) is 10.7 Å². The topological polar surface area (TPSA) is 58.2 Å². The van der Waals surface area contributed by atoms with E-state index in [0.717, 1.165) is 19.3 Å². The van der Waals surface area contributed by atoms with Crippen molar-refractivity contribution >= 4 is 19.9 Å². The number of rotatable bonds is 4. The summed E-state index contributed by atoms with van der Waals surface area (Å²) in [5.41, 5.74) is 0. The van der Waals surface area contributed by atoms with Crippen molar-refractivity contribution in [2.45, 2.75) is 75.9 Å². The van der Waals surface area contributed by atoms with Crippen LogP contribution in [0.4, 0.5) is 0 Å². The lowest BCUT2D eigenvalue weighted by Crippen LogP contribution is -2.53. The van der Waals surface area contributed by atoms with Crippen molar-refractivity contribution in [2.75, 3.05) is 0 Å². The Balaban J connectivity index is 1.90. The van der Waals surface area contributed by atoms with Gasteiger partial charge >= 0.3 is 0 Å². The van der Waals surface area contributed by atoms with Crippen molar-refractivity contribution in [1.29, 1.82) is 0 Å². The summed E-state index contributed by atoms with van der Waals surface area (Å²) >= 11 is 0. The molecular weight excluding hydrogens is 272 g/mol. The van der Waals surface area contributed by atoms with E-state index in [1.807, 2.05) is 0 Å². The van der Waals surface area contributed by atoms with Gasteiger partial charge in [-0.1, -0.05) is 32.1 Å². The van der Waals surface area contributed by atoms with Crippen LogP contribution in [-0.4, -0.2) is 26.5 Å². The minimum atomic E-state index is -3.62. The van der Waals surface area contributed by atoms with Gasteiger partial charge in [-0.2, -0.15) is 13.1 Å². The summed E-state index contributed by atoms with van der Waals surface area (Å²) in [6.45, 7) is 0. The standard InChI is InChI=1S/C12H23ClN2O2S/c13-18(16,17)15-12-9-5-4-8-11(12)14-10-6-2-1-3-7-10/h10-12,14-15H,1-9H2. The molecule has 2 atom stereocenters. The van der Waals surface area contributed by atoms with Crippen LogP contribution in [0.3, 0.4) is 0 Å². The molecule has 4 nitrogen and oxygen atoms in total. The third kappa shape index (κ3) is 4.68. The molecule has 18 heavy (non-hydrogen) atoms. The molecule has 0 aromatic carbocycles. The van der Waals surface area contributed by atoms with Crippen molar-refractivity contribution in [3.63, 3.8) is 0 Å². The molecule has 106 valence electrons. The molecule has 0 aromatic heterocycles. The third-order valence-corrected chi connectivity index (χ3v) is 4.96. The van der Waals surface area contributed by atoms with Crippen molar-refractivity contribution in [3.05, 3.63) is 0 Å². The van der Waals surface area contributed by atoms with E-state index in [9.17, 15) is 8.42 Å². The molecule has 0 amide bonds. The third-order valence-electron chi connectivity index (χ3n) is 4.11. The normalized spacial score (nSPS) is 31.4. The number of nitrogens with one attached hydrogen (secondary N) is 2. The van der Waals surface area contributed by atoms with E-state index < -0.39 is 9.24 Å². The van der Waals surface area contributed by atoms with Crippen molar-refractivity contribution < 1.29 is 8.42 Å². The summed E-state index contributed by atoms with van der Waals surface area (Å²) in [4.78, 5) is 0. The molecule has 2 rings (SSSR count). The van der Waals surface area contributed by atoms with Gasteiger partial charge in [0, 0.05) is 28.8 Å². The van der Waals surface area contributed by atoms with Crippen LogP contribution in [0.1, 0.15) is 57.8 Å². The first-order valence-electron chi connectivity index (χ1n) is 7.02. The number of hydrogen-bond acceptors (Lipinski definition) is 3. The summed E-state index contributed by atoms with van der Waals surface area (Å²) in [7, 11) is 1.69. The number of halogens is 1. The fourth-order valence-electron chi connectivity index (χ4n) is 3.22. The summed E-state index contributed by atoms with van der Waals surface area (Å²) in [5, 5.41) is 3.64. The Kier molecular flexibility index (Phi) is 5.30. The molecule has 0 heterocycles. The van der Waals surface area contributed by atoms with Gasteiger partial charge in [0.1, 0.15) is 0 Å². The van der Waals surface area contributed by atoms with Crippen LogP contribution >= 0.6 is 10.7 Å². The lowest BCUT2D eigenvalue weighted by atomic mass is 9.88. The van der Waals surface area contributed by atoms with Gasteiger partial charge in [-0.3, -0.25) is 0 Å². The van der Waals surface area contributed by atoms with Gasteiger partial charge in [-0.05, 0) is 25.7 Å². The Bertz CT molecular complexity index is 355. The van der Waals surface area contributed by atoms with Crippen LogP contribution in [0, 0.1) is 0 Å². The summed E-state index contributed by atoms with van der Waals surface area (Å²) < 4.78 is 24.9. The Labute approximate surface area is 114 Å². The van der Waals surface area contributed by atoms with Crippen LogP contribution in [0.15, 0.2) is 0 Å². The lowest BCUT2D eigenvalue weighted by Gasteiger charge is -2.36. The Morgan fingerprint density at radius 2 is 1.39 bits per heavy atom. The van der Waals surface area contributed by atoms with Gasteiger partial charge in [-0.25, -0.2) is 0 Å². The second-order valence-corrected chi connectivity index (χ2v) is 7.88. The Morgan fingerprint density at radius 3 is 2.00 bits per heavy atom. The Morgan fingerprint density at radius 1 is 0.833 bits per heavy atom. The van der Waals surface area contributed by atoms with E-state index in [-0.39, 0.29) is 12.1 Å². The molecule has 0 bridgehead atoms. The predicted molar refractivity (Wildman–Crippen MR) is 74.0 cm³/mol. The molecule has 0 spiro atoms. The zero-order chi connectivity index (χ0) is 13.0. The largest absolute Gasteiger partial charge is 0.310 e. The van der Waals surface area contributed by atoms with Crippen LogP contribution in [0.2, 0.25) is 0 Å². The van der Waals surface area contributed by atoms with E-state index in [2.05, 4.69) is 10.0 Å². The van der Waals surface area contributed by atoms with Crippen molar-refractivity contribution in [1.82, 2.24) is 10.0 Å². The first-order chi connectivity index (χ1) is 8.54. The summed E-state index contributed by atoms with van der Waals surface area (Å²) in [6, 6.07) is 0.766. The SMILES string of the molecule is O=S(=O)(Cl)NC1CCCCC1NC1CCCCC1. The van der Waals surface area contributed by atoms with Crippen LogP contribution < -0.4 is 10.0 Å². The first kappa shape index (κ1) is 14.6. The fraction of sp³-hybridized carbons (Fsp3) is 1.00. The molecule has 2 fully saturated rings. The maximum atomic E-state index is 11.2. The zero-order valence-corrected chi connectivity index (χ0v) is 12.3. The molecular formula is C12H23ClN2O2S. The molecule has 0 saturated heterocycles. The minimum Gasteiger partial charge on any atom is -0.310 e. The molecule has 2 N–H and O–H groups in total. The van der Waals surface area contributed by atoms with Crippen LogP contribution in [0.25, 0.3) is 0 Å². The van der Waals surface area contributed by atoms with Gasteiger partial charge < -0.3 is 5.32 Å². The van der Waals surface area contributed by atoms with Gasteiger partial charge in [0.05, 0.1) is 0 Å². The molecule has 2 aliphatic rings. The molecule has 0 radical (unpaired) electrons. The van der Waals surface area contributed by atoms with Gasteiger partial charge in [-0.15, -0.1) is 0 Å². The molecule has 2 aliphatic carbocycles. The zero-order valence-electron chi connectivity index (χ0n) is 10.7. The maximum absolute atomic E-state index is 11.2. The van der Waals surface area contributed by atoms with E-state index >= 15 is 0 Å². The Hall–Kier alpha value is 0.160. The quantitative estimate of drug-likeness (QED) is 0.782. The monoisotopic (exact) mass is 294 g/mol. The highest BCUT2D eigenvalue weighted by Gasteiger charge is 2.29. The summed E-state index contributed by atoms with van der Waals surface area (Å²) in [5.74, 6) is 0. The van der Waals surface area contributed by atoms with E-state index in [1.54, 1.807) is 0 Å². The highest BCUT2D eigenvalue weighted by Crippen LogP contribution is 2.23. The average molecular weight is 295 g/mol. The van der Waals surface area contributed by atoms with E-state index in [1.165, 1.54) is 38.5 Å². The maximum Gasteiger partial charge on any atom is 0.297 e. The molecule has 2 saturated carbocycles. The van der Waals surface area contributed by atoms with Crippen molar-refractivity contribution in [2.24, 2.45) is 0 Å². The summed E-state index contributed by atoms with van der Waals surface area (Å²) in [6.07, 6.45) is 10.5. The van der Waals surface area contributed by atoms with Crippen LogP contribution in [0.5, 0.6) is 0 Å². The van der Waals surface area contributed by atoms with Gasteiger partial charge in [0.15, 0.2) is 0 Å². The molecule has 6 heteroatoms. The fourth-order valence-corrected chi connectivity index (χ4v) is 4.21. The minimum absolute atomic E-state index is 0.0387. The van der Waals surface area contributed by atoms with Crippen molar-refractivity contribution in [3.8, 4) is 0 Å². The first-order valence-corrected chi connectivity index (χ1v) is 9.33. The smallest absolute Gasteiger partial charge is 0.297 e. The van der Waals surface area contributed by atoms with Gasteiger partial charge in [0.25, 0.3) is 9.24 Å². The second-order valence-electron chi connectivity index (χ2n) is 5.55. The lowest BCUT2D eigenvalue weighted by molar-refractivity contribution is 0.257. The van der Waals surface area contributed by atoms with E-state index in [0.29, 0.717) is 6.04 Å². The second kappa shape index (κ2) is 6.55. The molecule has 0 aromatic rings. The highest BCUT2D eigenvalue weighted by atomic mass is 35.7. The van der Waals surface area contributed by atoms with Crippen LogP contribution in [-0.2, 0) is 9.24 Å². The average Bonchev–Trinajstić information content (AvgIpc) is 2.31.